The number of ketones is 1. The van der Waals surface area contributed by atoms with E-state index in [0.29, 0.717) is 12.8 Å². The van der Waals surface area contributed by atoms with Crippen LogP contribution in [0.25, 0.3) is 0 Å². The van der Waals surface area contributed by atoms with Crippen LogP contribution in [-0.2, 0) is 9.59 Å². The molecule has 0 aliphatic carbocycles. The number of rotatable bonds is 3. The van der Waals surface area contributed by atoms with Crippen molar-refractivity contribution in [1.29, 1.82) is 0 Å². The van der Waals surface area contributed by atoms with Gasteiger partial charge >= 0.3 is 6.03 Å². The van der Waals surface area contributed by atoms with E-state index < -0.39 is 12.1 Å². The van der Waals surface area contributed by atoms with Gasteiger partial charge in [0.05, 0.1) is 0 Å². The second-order valence-corrected chi connectivity index (χ2v) is 2.76. The maximum atomic E-state index is 10.9. The van der Waals surface area contributed by atoms with Gasteiger partial charge in [0.2, 0.25) is 0 Å². The van der Waals surface area contributed by atoms with Crippen molar-refractivity contribution in [3.63, 3.8) is 0 Å². The first kappa shape index (κ1) is 8.70. The molecule has 2 N–H and O–H groups in total. The van der Waals surface area contributed by atoms with E-state index in [-0.39, 0.29) is 11.7 Å². The van der Waals surface area contributed by atoms with Crippen molar-refractivity contribution in [2.75, 3.05) is 0 Å². The van der Waals surface area contributed by atoms with E-state index in [4.69, 9.17) is 0 Å². The highest BCUT2D eigenvalue weighted by Gasteiger charge is 2.28. The molecule has 1 rings (SSSR count). The zero-order valence-corrected chi connectivity index (χ0v) is 6.72. The molecule has 0 bridgehead atoms. The number of carbonyl (C=O) groups excluding carboxylic acids is 3. The van der Waals surface area contributed by atoms with Crippen LogP contribution in [0.1, 0.15) is 19.8 Å². The molecule has 1 aliphatic rings. The number of urea groups is 1. The van der Waals surface area contributed by atoms with Gasteiger partial charge in [0.1, 0.15) is 11.8 Å². The summed E-state index contributed by atoms with van der Waals surface area (Å²) in [5.41, 5.74) is 0. The largest absolute Gasteiger partial charge is 0.326 e. The van der Waals surface area contributed by atoms with Crippen LogP contribution in [0, 0.1) is 0 Å². The van der Waals surface area contributed by atoms with Crippen LogP contribution in [0.2, 0.25) is 0 Å². The molecule has 12 heavy (non-hydrogen) atoms. The predicted molar refractivity (Wildman–Crippen MR) is 40.4 cm³/mol. The van der Waals surface area contributed by atoms with Crippen LogP contribution >= 0.6 is 0 Å². The standard InChI is InChI=1S/C7H10N2O3/c1-4(10)2-3-5-6(11)9-7(12)8-5/h5H,2-3H2,1H3,(H2,8,9,11,12). The average Bonchev–Trinajstić information content (AvgIpc) is 2.26. The third kappa shape index (κ3) is 2.05. The summed E-state index contributed by atoms with van der Waals surface area (Å²) in [5, 5.41) is 4.50. The molecule has 5 heteroatoms. The molecular weight excluding hydrogens is 160 g/mol. The Hall–Kier alpha value is -1.39. The summed E-state index contributed by atoms with van der Waals surface area (Å²) < 4.78 is 0. The number of hydrogen-bond acceptors (Lipinski definition) is 3. The topological polar surface area (TPSA) is 75.3 Å². The van der Waals surface area contributed by atoms with E-state index in [1.54, 1.807) is 0 Å². The first-order valence-corrected chi connectivity index (χ1v) is 3.70. The molecule has 0 radical (unpaired) electrons. The normalized spacial score (nSPS) is 21.9. The highest BCUT2D eigenvalue weighted by molar-refractivity contribution is 6.04. The molecule has 0 spiro atoms. The fourth-order valence-corrected chi connectivity index (χ4v) is 1.01. The molecule has 1 fully saturated rings. The second-order valence-electron chi connectivity index (χ2n) is 2.76. The quantitative estimate of drug-likeness (QED) is 0.564. The molecule has 1 unspecified atom stereocenters. The summed E-state index contributed by atoms with van der Waals surface area (Å²) in [6.07, 6.45) is 0.700. The SMILES string of the molecule is CC(=O)CCC1NC(=O)NC1=O. The van der Waals surface area contributed by atoms with Gasteiger partial charge in [0.15, 0.2) is 0 Å². The second kappa shape index (κ2) is 3.34. The number of amides is 3. The van der Waals surface area contributed by atoms with Crippen LogP contribution in [0.5, 0.6) is 0 Å². The Morgan fingerprint density at radius 3 is 2.58 bits per heavy atom. The number of nitrogens with one attached hydrogen (secondary N) is 2. The minimum absolute atomic E-state index is 0.0175. The minimum Gasteiger partial charge on any atom is -0.326 e. The van der Waals surface area contributed by atoms with Crippen LogP contribution in [0.4, 0.5) is 4.79 Å². The zero-order chi connectivity index (χ0) is 9.14. The zero-order valence-electron chi connectivity index (χ0n) is 6.72. The minimum atomic E-state index is -0.526. The molecule has 3 amide bonds. The van der Waals surface area contributed by atoms with E-state index in [0.717, 1.165) is 0 Å². The lowest BCUT2D eigenvalue weighted by Crippen LogP contribution is -2.29. The Morgan fingerprint density at radius 1 is 1.50 bits per heavy atom. The van der Waals surface area contributed by atoms with Gasteiger partial charge in [-0.2, -0.15) is 0 Å². The molecule has 5 nitrogen and oxygen atoms in total. The Kier molecular flexibility index (Phi) is 2.42. The number of hydrogen-bond donors (Lipinski definition) is 2. The van der Waals surface area contributed by atoms with Crippen LogP contribution in [0.3, 0.4) is 0 Å². The maximum absolute atomic E-state index is 10.9. The Labute approximate surface area is 69.5 Å². The van der Waals surface area contributed by atoms with Crippen LogP contribution in [0.15, 0.2) is 0 Å². The van der Waals surface area contributed by atoms with Crippen molar-refractivity contribution in [2.24, 2.45) is 0 Å². The molecule has 0 aromatic heterocycles. The van der Waals surface area contributed by atoms with Crippen molar-refractivity contribution < 1.29 is 14.4 Å². The van der Waals surface area contributed by atoms with E-state index in [1.807, 2.05) is 0 Å². The number of Topliss-reactive ketones (excluding diaryl/α,β-unsaturated/α-hetero) is 1. The monoisotopic (exact) mass is 170 g/mol. The van der Waals surface area contributed by atoms with Gasteiger partial charge in [-0.1, -0.05) is 0 Å². The number of carbonyl (C=O) groups is 3. The molecule has 0 aromatic carbocycles. The van der Waals surface area contributed by atoms with Crippen molar-refractivity contribution in [1.82, 2.24) is 10.6 Å². The molecule has 1 saturated heterocycles. The van der Waals surface area contributed by atoms with Gasteiger partial charge in [0, 0.05) is 6.42 Å². The fraction of sp³-hybridized carbons (Fsp3) is 0.571. The van der Waals surface area contributed by atoms with E-state index in [2.05, 4.69) is 10.6 Å². The van der Waals surface area contributed by atoms with E-state index in [9.17, 15) is 14.4 Å². The van der Waals surface area contributed by atoms with Gasteiger partial charge < -0.3 is 10.1 Å². The van der Waals surface area contributed by atoms with E-state index in [1.165, 1.54) is 6.92 Å². The molecule has 1 heterocycles. The molecule has 66 valence electrons. The van der Waals surface area contributed by atoms with Gasteiger partial charge in [-0.3, -0.25) is 10.1 Å². The molecule has 1 aliphatic heterocycles. The summed E-state index contributed by atoms with van der Waals surface area (Å²) in [5.74, 6) is -0.329. The predicted octanol–water partition coefficient (Wildman–Crippen LogP) is -0.436. The lowest BCUT2D eigenvalue weighted by Gasteiger charge is -2.03. The van der Waals surface area contributed by atoms with Crippen molar-refractivity contribution >= 4 is 17.7 Å². The van der Waals surface area contributed by atoms with E-state index >= 15 is 0 Å². The third-order valence-electron chi connectivity index (χ3n) is 1.64. The lowest BCUT2D eigenvalue weighted by molar-refractivity contribution is -0.120. The molecule has 0 aromatic rings. The van der Waals surface area contributed by atoms with Crippen molar-refractivity contribution in [2.45, 2.75) is 25.8 Å². The fourth-order valence-electron chi connectivity index (χ4n) is 1.01. The first-order valence-electron chi connectivity index (χ1n) is 3.70. The average molecular weight is 170 g/mol. The third-order valence-corrected chi connectivity index (χ3v) is 1.64. The van der Waals surface area contributed by atoms with Crippen molar-refractivity contribution in [3.05, 3.63) is 0 Å². The molecular formula is C7H10N2O3. The van der Waals surface area contributed by atoms with Gasteiger partial charge in [0.25, 0.3) is 5.91 Å². The van der Waals surface area contributed by atoms with Crippen LogP contribution < -0.4 is 10.6 Å². The Bertz CT molecular complexity index is 237. The maximum Gasteiger partial charge on any atom is 0.322 e. The molecule has 1 atom stereocenters. The van der Waals surface area contributed by atoms with Gasteiger partial charge in [-0.25, -0.2) is 4.79 Å². The highest BCUT2D eigenvalue weighted by Crippen LogP contribution is 2.02. The summed E-state index contributed by atoms with van der Waals surface area (Å²) in [4.78, 5) is 32.0. The summed E-state index contributed by atoms with van der Waals surface area (Å²) >= 11 is 0. The Morgan fingerprint density at radius 2 is 2.17 bits per heavy atom. The Balaban J connectivity index is 2.38. The number of imide groups is 1. The first-order chi connectivity index (χ1) is 5.59. The van der Waals surface area contributed by atoms with Gasteiger partial charge in [-0.05, 0) is 13.3 Å². The highest BCUT2D eigenvalue weighted by atomic mass is 16.2. The lowest BCUT2D eigenvalue weighted by atomic mass is 10.1. The van der Waals surface area contributed by atoms with Crippen molar-refractivity contribution in [3.8, 4) is 0 Å². The summed E-state index contributed by atoms with van der Waals surface area (Å²) in [6.45, 7) is 1.45. The smallest absolute Gasteiger partial charge is 0.322 e. The van der Waals surface area contributed by atoms with Gasteiger partial charge in [-0.15, -0.1) is 0 Å². The summed E-state index contributed by atoms with van der Waals surface area (Å²) in [6, 6.07) is -1.00. The van der Waals surface area contributed by atoms with Crippen LogP contribution in [-0.4, -0.2) is 23.8 Å². The summed E-state index contributed by atoms with van der Waals surface area (Å²) in [7, 11) is 0. The molecule has 0 saturated carbocycles.